The first-order chi connectivity index (χ1) is 9.06. The van der Waals surface area contributed by atoms with E-state index in [1.165, 1.54) is 32.0 Å². The van der Waals surface area contributed by atoms with Crippen LogP contribution in [0.2, 0.25) is 0 Å². The fourth-order valence-electron chi connectivity index (χ4n) is 2.30. The number of alkyl halides is 1. The van der Waals surface area contributed by atoms with Gasteiger partial charge >= 0.3 is 0 Å². The van der Waals surface area contributed by atoms with Crippen molar-refractivity contribution in [2.24, 2.45) is 0 Å². The molecule has 0 N–H and O–H groups in total. The predicted octanol–water partition coefficient (Wildman–Crippen LogP) is 5.82. The highest BCUT2D eigenvalue weighted by atomic mass is 35.5. The van der Waals surface area contributed by atoms with Gasteiger partial charge in [-0.15, -0.1) is 22.9 Å². The van der Waals surface area contributed by atoms with Crippen LogP contribution in [-0.4, -0.2) is 0 Å². The summed E-state index contributed by atoms with van der Waals surface area (Å²) in [5.74, 6) is 0. The normalized spacial score (nSPS) is 12.7. The Bertz CT molecular complexity index is 549. The fraction of sp³-hybridized carbons (Fsp3) is 0.412. The lowest BCUT2D eigenvalue weighted by atomic mass is 9.97. The Kier molecular flexibility index (Phi) is 4.70. The molecule has 1 atom stereocenters. The Morgan fingerprint density at radius 2 is 1.84 bits per heavy atom. The molecule has 1 aromatic carbocycles. The van der Waals surface area contributed by atoms with E-state index in [0.717, 1.165) is 12.8 Å². The first-order valence-electron chi connectivity index (χ1n) is 6.89. The first kappa shape index (κ1) is 14.6. The third kappa shape index (κ3) is 3.04. The summed E-state index contributed by atoms with van der Waals surface area (Å²) in [4.78, 5) is 2.63. The average Bonchev–Trinajstić information content (AvgIpc) is 2.77. The maximum atomic E-state index is 6.74. The zero-order chi connectivity index (χ0) is 14.0. The van der Waals surface area contributed by atoms with Crippen molar-refractivity contribution in [3.05, 3.63) is 56.3 Å². The minimum atomic E-state index is -0.0150. The Hall–Kier alpha value is -0.790. The van der Waals surface area contributed by atoms with Gasteiger partial charge in [0.1, 0.15) is 0 Å². The van der Waals surface area contributed by atoms with Crippen LogP contribution in [0.15, 0.2) is 24.3 Å². The Labute approximate surface area is 125 Å². The van der Waals surface area contributed by atoms with E-state index >= 15 is 0 Å². The molecule has 0 saturated heterocycles. The maximum Gasteiger partial charge on any atom is 0.0930 e. The number of halogens is 1. The quantitative estimate of drug-likeness (QED) is 0.623. The number of hydrogen-bond donors (Lipinski definition) is 0. The van der Waals surface area contributed by atoms with Crippen molar-refractivity contribution in [1.82, 2.24) is 0 Å². The summed E-state index contributed by atoms with van der Waals surface area (Å²) in [6.45, 7) is 8.70. The van der Waals surface area contributed by atoms with Crippen molar-refractivity contribution in [2.45, 2.75) is 45.9 Å². The van der Waals surface area contributed by atoms with Gasteiger partial charge in [-0.1, -0.05) is 32.0 Å². The molecular weight excluding hydrogens is 272 g/mol. The zero-order valence-electron chi connectivity index (χ0n) is 12.1. The molecule has 0 aliphatic carbocycles. The molecule has 2 rings (SSSR count). The largest absolute Gasteiger partial charge is 0.143 e. The van der Waals surface area contributed by atoms with Gasteiger partial charge in [-0.25, -0.2) is 0 Å². The molecule has 0 bridgehead atoms. The van der Waals surface area contributed by atoms with Crippen LogP contribution in [0.3, 0.4) is 0 Å². The summed E-state index contributed by atoms with van der Waals surface area (Å²) < 4.78 is 0. The minimum Gasteiger partial charge on any atom is -0.143 e. The average molecular weight is 293 g/mol. The van der Waals surface area contributed by atoms with Crippen LogP contribution in [0, 0.1) is 13.8 Å². The number of thiophene rings is 1. The molecule has 1 heterocycles. The molecule has 2 heteroatoms. The lowest BCUT2D eigenvalue weighted by molar-refractivity contribution is 1.03. The van der Waals surface area contributed by atoms with Gasteiger partial charge in [0.2, 0.25) is 0 Å². The topological polar surface area (TPSA) is 0 Å². The van der Waals surface area contributed by atoms with Crippen molar-refractivity contribution >= 4 is 22.9 Å². The van der Waals surface area contributed by atoms with Gasteiger partial charge < -0.3 is 0 Å². The number of benzene rings is 1. The molecule has 102 valence electrons. The third-order valence-electron chi connectivity index (χ3n) is 3.71. The molecule has 2 aromatic rings. The molecule has 19 heavy (non-hydrogen) atoms. The molecule has 0 amide bonds. The third-order valence-corrected chi connectivity index (χ3v) is 5.52. The minimum absolute atomic E-state index is 0.0150. The molecular formula is C17H21ClS. The van der Waals surface area contributed by atoms with Crippen LogP contribution in [0.25, 0.3) is 0 Å². The van der Waals surface area contributed by atoms with E-state index in [2.05, 4.69) is 52.0 Å². The van der Waals surface area contributed by atoms with Gasteiger partial charge in [0.05, 0.1) is 5.38 Å². The van der Waals surface area contributed by atoms with Gasteiger partial charge in [0, 0.05) is 9.75 Å². The van der Waals surface area contributed by atoms with Crippen molar-refractivity contribution in [1.29, 1.82) is 0 Å². The molecule has 0 fully saturated rings. The highest BCUT2D eigenvalue weighted by molar-refractivity contribution is 7.12. The molecule has 0 radical (unpaired) electrons. The SMILES string of the molecule is CCc1ccc(CC)c(C(Cl)c2cc(C)c(C)s2)c1. The van der Waals surface area contributed by atoms with Gasteiger partial charge in [0.25, 0.3) is 0 Å². The lowest BCUT2D eigenvalue weighted by Crippen LogP contribution is -1.98. The van der Waals surface area contributed by atoms with Crippen LogP contribution >= 0.6 is 22.9 Å². The Morgan fingerprint density at radius 1 is 1.11 bits per heavy atom. The first-order valence-corrected chi connectivity index (χ1v) is 8.14. The Balaban J connectivity index is 2.44. The van der Waals surface area contributed by atoms with Crippen LogP contribution in [0.5, 0.6) is 0 Å². The molecule has 0 aliphatic heterocycles. The van der Waals surface area contributed by atoms with Gasteiger partial charge in [-0.05, 0) is 55.0 Å². The van der Waals surface area contributed by atoms with Gasteiger partial charge in [-0.3, -0.25) is 0 Å². The van der Waals surface area contributed by atoms with Crippen molar-refractivity contribution in [3.63, 3.8) is 0 Å². The molecule has 0 saturated carbocycles. The monoisotopic (exact) mass is 292 g/mol. The standard InChI is InChI=1S/C17H21ClS/c1-5-13-7-8-14(6-2)15(10-13)17(18)16-9-11(3)12(4)19-16/h7-10,17H,5-6H2,1-4H3. The fourth-order valence-corrected chi connectivity index (χ4v) is 3.74. The van der Waals surface area contributed by atoms with Crippen LogP contribution in [0.1, 0.15) is 51.2 Å². The van der Waals surface area contributed by atoms with E-state index < -0.39 is 0 Å². The van der Waals surface area contributed by atoms with E-state index in [9.17, 15) is 0 Å². The van der Waals surface area contributed by atoms with Crippen molar-refractivity contribution < 1.29 is 0 Å². The molecule has 1 unspecified atom stereocenters. The van der Waals surface area contributed by atoms with Crippen LogP contribution in [-0.2, 0) is 12.8 Å². The summed E-state index contributed by atoms with van der Waals surface area (Å²) in [5.41, 5.74) is 5.35. The Morgan fingerprint density at radius 3 is 2.37 bits per heavy atom. The highest BCUT2D eigenvalue weighted by Gasteiger charge is 2.17. The van der Waals surface area contributed by atoms with E-state index in [0.29, 0.717) is 0 Å². The predicted molar refractivity (Wildman–Crippen MR) is 86.7 cm³/mol. The van der Waals surface area contributed by atoms with E-state index in [-0.39, 0.29) is 5.38 Å². The summed E-state index contributed by atoms with van der Waals surface area (Å²) in [7, 11) is 0. The molecule has 0 nitrogen and oxygen atoms in total. The van der Waals surface area contributed by atoms with Gasteiger partial charge in [0.15, 0.2) is 0 Å². The smallest absolute Gasteiger partial charge is 0.0930 e. The molecule has 1 aromatic heterocycles. The number of hydrogen-bond acceptors (Lipinski definition) is 1. The zero-order valence-corrected chi connectivity index (χ0v) is 13.7. The summed E-state index contributed by atoms with van der Waals surface area (Å²) in [5, 5.41) is -0.0150. The number of aryl methyl sites for hydroxylation is 4. The summed E-state index contributed by atoms with van der Waals surface area (Å²) >= 11 is 8.56. The van der Waals surface area contributed by atoms with Gasteiger partial charge in [-0.2, -0.15) is 0 Å². The summed E-state index contributed by atoms with van der Waals surface area (Å²) in [6, 6.07) is 8.96. The number of rotatable bonds is 4. The second-order valence-corrected chi connectivity index (χ2v) is 6.72. The van der Waals surface area contributed by atoms with Crippen LogP contribution < -0.4 is 0 Å². The van der Waals surface area contributed by atoms with E-state index in [4.69, 9.17) is 11.6 Å². The highest BCUT2D eigenvalue weighted by Crippen LogP contribution is 2.37. The molecule has 0 spiro atoms. The molecule has 0 aliphatic rings. The van der Waals surface area contributed by atoms with E-state index in [1.807, 2.05) is 11.3 Å². The summed E-state index contributed by atoms with van der Waals surface area (Å²) in [6.07, 6.45) is 2.09. The van der Waals surface area contributed by atoms with Crippen molar-refractivity contribution in [3.8, 4) is 0 Å². The lowest BCUT2D eigenvalue weighted by Gasteiger charge is -2.14. The van der Waals surface area contributed by atoms with E-state index in [1.54, 1.807) is 0 Å². The second-order valence-electron chi connectivity index (χ2n) is 4.99. The second kappa shape index (κ2) is 6.11. The maximum absolute atomic E-state index is 6.74. The van der Waals surface area contributed by atoms with Crippen LogP contribution in [0.4, 0.5) is 0 Å². The van der Waals surface area contributed by atoms with Crippen molar-refractivity contribution in [2.75, 3.05) is 0 Å².